The summed E-state index contributed by atoms with van der Waals surface area (Å²) in [4.78, 5) is 29.2. The molecule has 0 atom stereocenters. The maximum atomic E-state index is 13.0. The van der Waals surface area contributed by atoms with E-state index >= 15 is 0 Å². The van der Waals surface area contributed by atoms with Crippen LogP contribution in [-0.2, 0) is 9.53 Å². The van der Waals surface area contributed by atoms with E-state index in [9.17, 15) is 9.59 Å². The Morgan fingerprint density at radius 3 is 2.82 bits per heavy atom. The summed E-state index contributed by atoms with van der Waals surface area (Å²) in [6.45, 7) is 3.97. The quantitative estimate of drug-likeness (QED) is 0.723. The maximum absolute atomic E-state index is 13.0. The van der Waals surface area contributed by atoms with E-state index in [0.717, 1.165) is 13.1 Å². The lowest BCUT2D eigenvalue weighted by Gasteiger charge is -2.30. The highest BCUT2D eigenvalue weighted by molar-refractivity contribution is 5.99. The summed E-state index contributed by atoms with van der Waals surface area (Å²) in [5, 5.41) is 6.28. The van der Waals surface area contributed by atoms with Crippen molar-refractivity contribution in [1.82, 2.24) is 15.0 Å². The minimum Gasteiger partial charge on any atom is -0.497 e. The largest absolute Gasteiger partial charge is 0.497 e. The molecule has 1 aromatic heterocycles. The van der Waals surface area contributed by atoms with Gasteiger partial charge in [0.1, 0.15) is 18.6 Å². The van der Waals surface area contributed by atoms with Crippen molar-refractivity contribution in [2.45, 2.75) is 0 Å². The summed E-state index contributed by atoms with van der Waals surface area (Å²) in [6, 6.07) is 8.44. The predicted molar refractivity (Wildman–Crippen MR) is 101 cm³/mol. The van der Waals surface area contributed by atoms with Crippen LogP contribution < -0.4 is 10.1 Å². The van der Waals surface area contributed by atoms with E-state index in [1.807, 2.05) is 0 Å². The van der Waals surface area contributed by atoms with Crippen LogP contribution in [0.4, 0.5) is 5.82 Å². The van der Waals surface area contributed by atoms with E-state index in [4.69, 9.17) is 14.0 Å². The average molecular weight is 388 g/mol. The zero-order valence-corrected chi connectivity index (χ0v) is 15.8. The maximum Gasteiger partial charge on any atom is 0.254 e. The number of benzene rings is 1. The SMILES string of the molecule is COc1cccc(C(=O)N(CCN2CCOCC2)CC(=O)Nc2ccon2)c1. The zero-order chi connectivity index (χ0) is 19.8. The Morgan fingerprint density at radius 2 is 2.11 bits per heavy atom. The van der Waals surface area contributed by atoms with Crippen LogP contribution in [0, 0.1) is 0 Å². The predicted octanol–water partition coefficient (Wildman–Crippen LogP) is 1.10. The second-order valence-electron chi connectivity index (χ2n) is 6.35. The van der Waals surface area contributed by atoms with Gasteiger partial charge in [-0.3, -0.25) is 14.5 Å². The van der Waals surface area contributed by atoms with Gasteiger partial charge in [-0.15, -0.1) is 0 Å². The summed E-state index contributed by atoms with van der Waals surface area (Å²) in [7, 11) is 1.55. The number of rotatable bonds is 8. The Labute approximate surface area is 163 Å². The van der Waals surface area contributed by atoms with Crippen LogP contribution in [0.2, 0.25) is 0 Å². The van der Waals surface area contributed by atoms with E-state index < -0.39 is 0 Å². The van der Waals surface area contributed by atoms with Gasteiger partial charge in [-0.25, -0.2) is 0 Å². The molecule has 2 heterocycles. The number of hydrogen-bond donors (Lipinski definition) is 1. The summed E-state index contributed by atoms with van der Waals surface area (Å²) in [6.07, 6.45) is 1.37. The highest BCUT2D eigenvalue weighted by Crippen LogP contribution is 2.15. The van der Waals surface area contributed by atoms with Gasteiger partial charge in [-0.2, -0.15) is 0 Å². The van der Waals surface area contributed by atoms with Crippen LogP contribution in [0.1, 0.15) is 10.4 Å². The topological polar surface area (TPSA) is 97.1 Å². The molecular weight excluding hydrogens is 364 g/mol. The van der Waals surface area contributed by atoms with Crippen molar-refractivity contribution in [3.05, 3.63) is 42.2 Å². The lowest BCUT2D eigenvalue weighted by atomic mass is 10.2. The molecule has 1 aromatic carbocycles. The molecule has 28 heavy (non-hydrogen) atoms. The third kappa shape index (κ3) is 5.54. The van der Waals surface area contributed by atoms with Crippen molar-refractivity contribution in [3.8, 4) is 5.75 Å². The van der Waals surface area contributed by atoms with Crippen LogP contribution in [0.5, 0.6) is 5.75 Å². The van der Waals surface area contributed by atoms with Gasteiger partial charge in [-0.05, 0) is 18.2 Å². The van der Waals surface area contributed by atoms with Crippen molar-refractivity contribution in [1.29, 1.82) is 0 Å². The van der Waals surface area contributed by atoms with Crippen molar-refractivity contribution >= 4 is 17.6 Å². The molecular formula is C19H24N4O5. The molecule has 1 aliphatic heterocycles. The van der Waals surface area contributed by atoms with Gasteiger partial charge in [0.05, 0.1) is 20.3 Å². The molecule has 150 valence electrons. The van der Waals surface area contributed by atoms with E-state index in [1.165, 1.54) is 11.2 Å². The Balaban J connectivity index is 1.68. The molecule has 1 fully saturated rings. The Hall–Kier alpha value is -2.91. The summed E-state index contributed by atoms with van der Waals surface area (Å²) >= 11 is 0. The second kappa shape index (κ2) is 9.86. The zero-order valence-electron chi connectivity index (χ0n) is 15.8. The number of hydrogen-bond acceptors (Lipinski definition) is 7. The third-order valence-electron chi connectivity index (χ3n) is 4.43. The number of nitrogens with zero attached hydrogens (tertiary/aromatic N) is 3. The fourth-order valence-corrected chi connectivity index (χ4v) is 2.91. The third-order valence-corrected chi connectivity index (χ3v) is 4.43. The standard InChI is InChI=1S/C19H24N4O5/c1-26-16-4-2-3-15(13-16)19(25)23(7-6-22-8-11-27-12-9-22)14-18(24)20-17-5-10-28-21-17/h2-5,10,13H,6-9,11-12,14H2,1H3,(H,20,21,24). The number of methoxy groups -OCH3 is 1. The van der Waals surface area contributed by atoms with Crippen LogP contribution >= 0.6 is 0 Å². The fraction of sp³-hybridized carbons (Fsp3) is 0.421. The number of carbonyl (C=O) groups excluding carboxylic acids is 2. The number of nitrogens with one attached hydrogen (secondary N) is 1. The van der Waals surface area contributed by atoms with Gasteiger partial charge in [0.15, 0.2) is 5.82 Å². The number of amides is 2. The first-order valence-corrected chi connectivity index (χ1v) is 9.09. The lowest BCUT2D eigenvalue weighted by Crippen LogP contribution is -2.45. The molecule has 1 N–H and O–H groups in total. The Bertz CT molecular complexity index is 774. The Kier molecular flexibility index (Phi) is 6.99. The number of carbonyl (C=O) groups is 2. The molecule has 1 aliphatic rings. The lowest BCUT2D eigenvalue weighted by molar-refractivity contribution is -0.117. The van der Waals surface area contributed by atoms with Crippen LogP contribution in [0.3, 0.4) is 0 Å². The molecule has 0 spiro atoms. The number of ether oxygens (including phenoxy) is 2. The molecule has 0 unspecified atom stereocenters. The average Bonchev–Trinajstić information content (AvgIpc) is 3.24. The molecule has 9 nitrogen and oxygen atoms in total. The van der Waals surface area contributed by atoms with Gasteiger partial charge in [0, 0.05) is 37.8 Å². The minimum atomic E-state index is -0.341. The normalized spacial score (nSPS) is 14.5. The van der Waals surface area contributed by atoms with Gasteiger partial charge in [0.2, 0.25) is 5.91 Å². The first-order chi connectivity index (χ1) is 13.7. The molecule has 2 aromatic rings. The highest BCUT2D eigenvalue weighted by atomic mass is 16.5. The molecule has 0 bridgehead atoms. The molecule has 3 rings (SSSR count). The van der Waals surface area contributed by atoms with E-state index in [0.29, 0.717) is 43.4 Å². The van der Waals surface area contributed by atoms with Crippen LogP contribution in [0.25, 0.3) is 0 Å². The van der Waals surface area contributed by atoms with Gasteiger partial charge in [-0.1, -0.05) is 11.2 Å². The molecule has 9 heteroatoms. The molecule has 2 amide bonds. The highest BCUT2D eigenvalue weighted by Gasteiger charge is 2.21. The van der Waals surface area contributed by atoms with Crippen molar-refractivity contribution < 1.29 is 23.6 Å². The van der Waals surface area contributed by atoms with E-state index in [2.05, 4.69) is 15.4 Å². The van der Waals surface area contributed by atoms with Crippen molar-refractivity contribution in [2.75, 3.05) is 58.4 Å². The summed E-state index contributed by atoms with van der Waals surface area (Å²) in [5.41, 5.74) is 0.468. The summed E-state index contributed by atoms with van der Waals surface area (Å²) < 4.78 is 15.3. The second-order valence-corrected chi connectivity index (χ2v) is 6.35. The number of anilines is 1. The summed E-state index contributed by atoms with van der Waals surface area (Å²) in [5.74, 6) is 0.326. The van der Waals surface area contributed by atoms with Crippen LogP contribution in [-0.4, -0.2) is 79.8 Å². The van der Waals surface area contributed by atoms with Crippen molar-refractivity contribution in [3.63, 3.8) is 0 Å². The molecule has 1 saturated heterocycles. The monoisotopic (exact) mass is 388 g/mol. The van der Waals surface area contributed by atoms with Gasteiger partial charge < -0.3 is 24.2 Å². The molecule has 0 saturated carbocycles. The van der Waals surface area contributed by atoms with E-state index in [-0.39, 0.29) is 18.4 Å². The minimum absolute atomic E-state index is 0.0900. The molecule has 0 aliphatic carbocycles. The number of aromatic nitrogens is 1. The fourth-order valence-electron chi connectivity index (χ4n) is 2.91. The molecule has 0 radical (unpaired) electrons. The van der Waals surface area contributed by atoms with Crippen molar-refractivity contribution in [2.24, 2.45) is 0 Å². The first-order valence-electron chi connectivity index (χ1n) is 9.09. The van der Waals surface area contributed by atoms with Gasteiger partial charge in [0.25, 0.3) is 5.91 Å². The van der Waals surface area contributed by atoms with Gasteiger partial charge >= 0.3 is 0 Å². The Morgan fingerprint density at radius 1 is 1.29 bits per heavy atom. The number of morpholine rings is 1. The van der Waals surface area contributed by atoms with E-state index in [1.54, 1.807) is 37.4 Å². The van der Waals surface area contributed by atoms with Crippen LogP contribution in [0.15, 0.2) is 41.1 Å². The smallest absolute Gasteiger partial charge is 0.254 e. The first kappa shape index (κ1) is 19.8.